The van der Waals surface area contributed by atoms with Gasteiger partial charge in [-0.25, -0.2) is 0 Å². The molecule has 1 N–H and O–H groups in total. The van der Waals surface area contributed by atoms with E-state index in [9.17, 15) is 4.79 Å². The number of carbonyl (C=O) groups excluding carboxylic acids is 1. The third-order valence-electron chi connectivity index (χ3n) is 3.36. The molecule has 3 rings (SSSR count). The van der Waals surface area contributed by atoms with Crippen LogP contribution in [0.25, 0.3) is 0 Å². The molecule has 92 valence electrons. The van der Waals surface area contributed by atoms with E-state index in [-0.39, 0.29) is 11.9 Å². The van der Waals surface area contributed by atoms with Crippen LogP contribution in [0, 0.1) is 6.92 Å². The molecule has 1 atom stereocenters. The smallest absolute Gasteiger partial charge is 0.272 e. The Labute approximate surface area is 110 Å². The summed E-state index contributed by atoms with van der Waals surface area (Å²) >= 11 is 5.88. The Bertz CT molecular complexity index is 630. The first kappa shape index (κ1) is 11.3. The summed E-state index contributed by atoms with van der Waals surface area (Å²) in [6, 6.07) is 7.38. The van der Waals surface area contributed by atoms with E-state index in [0.717, 1.165) is 16.8 Å². The van der Waals surface area contributed by atoms with E-state index in [2.05, 4.69) is 10.4 Å². The summed E-state index contributed by atoms with van der Waals surface area (Å²) in [7, 11) is 1.85. The SMILES string of the molecule is Cc1c2c(nn1C)C(=O)NC2c1ccc(Cl)cc1. The molecule has 2 heterocycles. The number of hydrogen-bond donors (Lipinski definition) is 1. The van der Waals surface area contributed by atoms with Gasteiger partial charge in [-0.1, -0.05) is 23.7 Å². The van der Waals surface area contributed by atoms with Crippen LogP contribution in [0.5, 0.6) is 0 Å². The first-order valence-electron chi connectivity index (χ1n) is 5.67. The number of fused-ring (bicyclic) bond motifs is 1. The van der Waals surface area contributed by atoms with Gasteiger partial charge in [0.05, 0.1) is 6.04 Å². The molecule has 1 aromatic carbocycles. The van der Waals surface area contributed by atoms with Crippen molar-refractivity contribution in [1.29, 1.82) is 0 Å². The minimum atomic E-state index is -0.126. The van der Waals surface area contributed by atoms with Gasteiger partial charge in [-0.05, 0) is 24.6 Å². The Kier molecular flexibility index (Phi) is 2.41. The lowest BCUT2D eigenvalue weighted by molar-refractivity contribution is 0.0954. The van der Waals surface area contributed by atoms with Crippen molar-refractivity contribution in [2.75, 3.05) is 0 Å². The summed E-state index contributed by atoms with van der Waals surface area (Å²) in [6.07, 6.45) is 0. The van der Waals surface area contributed by atoms with Crippen LogP contribution in [0.1, 0.15) is 33.4 Å². The summed E-state index contributed by atoms with van der Waals surface area (Å²) in [5.74, 6) is -0.117. The zero-order valence-electron chi connectivity index (χ0n) is 10.1. The van der Waals surface area contributed by atoms with Gasteiger partial charge in [0.2, 0.25) is 0 Å². The average molecular weight is 262 g/mol. The fraction of sp³-hybridized carbons (Fsp3) is 0.231. The molecule has 0 fully saturated rings. The quantitative estimate of drug-likeness (QED) is 0.856. The van der Waals surface area contributed by atoms with E-state index >= 15 is 0 Å². The fourth-order valence-corrected chi connectivity index (χ4v) is 2.44. The van der Waals surface area contributed by atoms with Crippen LogP contribution in [-0.2, 0) is 7.05 Å². The summed E-state index contributed by atoms with van der Waals surface area (Å²) in [5.41, 5.74) is 3.51. The van der Waals surface area contributed by atoms with Crippen molar-refractivity contribution in [3.05, 3.63) is 51.8 Å². The second-order valence-electron chi connectivity index (χ2n) is 4.43. The van der Waals surface area contributed by atoms with Crippen molar-refractivity contribution in [3.8, 4) is 0 Å². The van der Waals surface area contributed by atoms with Crippen LogP contribution < -0.4 is 5.32 Å². The number of benzene rings is 1. The van der Waals surface area contributed by atoms with Gasteiger partial charge in [0.1, 0.15) is 0 Å². The van der Waals surface area contributed by atoms with Gasteiger partial charge in [0.15, 0.2) is 5.69 Å². The van der Waals surface area contributed by atoms with E-state index in [4.69, 9.17) is 11.6 Å². The number of amides is 1. The second-order valence-corrected chi connectivity index (χ2v) is 4.87. The molecular formula is C13H12ClN3O. The van der Waals surface area contributed by atoms with E-state index in [0.29, 0.717) is 10.7 Å². The Hall–Kier alpha value is -1.81. The van der Waals surface area contributed by atoms with Gasteiger partial charge >= 0.3 is 0 Å². The molecule has 1 aliphatic rings. The van der Waals surface area contributed by atoms with Gasteiger partial charge in [0, 0.05) is 23.3 Å². The van der Waals surface area contributed by atoms with Gasteiger partial charge < -0.3 is 5.32 Å². The zero-order chi connectivity index (χ0) is 12.9. The minimum absolute atomic E-state index is 0.117. The van der Waals surface area contributed by atoms with Crippen LogP contribution in [0.3, 0.4) is 0 Å². The highest BCUT2D eigenvalue weighted by atomic mass is 35.5. The number of carbonyl (C=O) groups is 1. The lowest BCUT2D eigenvalue weighted by atomic mass is 10.0. The van der Waals surface area contributed by atoms with Crippen molar-refractivity contribution >= 4 is 17.5 Å². The normalized spacial score (nSPS) is 17.7. The molecule has 18 heavy (non-hydrogen) atoms. The summed E-state index contributed by atoms with van der Waals surface area (Å²) in [4.78, 5) is 11.9. The van der Waals surface area contributed by atoms with Crippen LogP contribution in [0.15, 0.2) is 24.3 Å². The van der Waals surface area contributed by atoms with Crippen molar-refractivity contribution < 1.29 is 4.79 Å². The number of nitrogens with zero attached hydrogens (tertiary/aromatic N) is 2. The summed E-state index contributed by atoms with van der Waals surface area (Å²) in [6.45, 7) is 1.97. The third-order valence-corrected chi connectivity index (χ3v) is 3.61. The Balaban J connectivity index is 2.12. The van der Waals surface area contributed by atoms with Crippen LogP contribution in [0.4, 0.5) is 0 Å². The molecule has 0 saturated carbocycles. The lowest BCUT2D eigenvalue weighted by Crippen LogP contribution is -2.21. The first-order valence-corrected chi connectivity index (χ1v) is 6.05. The maximum absolute atomic E-state index is 11.9. The molecule has 2 aromatic rings. The monoisotopic (exact) mass is 261 g/mol. The zero-order valence-corrected chi connectivity index (χ0v) is 10.8. The molecule has 4 nitrogen and oxygen atoms in total. The van der Waals surface area contributed by atoms with Crippen molar-refractivity contribution in [1.82, 2.24) is 15.1 Å². The highest BCUT2D eigenvalue weighted by Gasteiger charge is 2.34. The van der Waals surface area contributed by atoms with Crippen molar-refractivity contribution in [2.45, 2.75) is 13.0 Å². The number of rotatable bonds is 1. The molecule has 1 unspecified atom stereocenters. The van der Waals surface area contributed by atoms with Gasteiger partial charge in [0.25, 0.3) is 5.91 Å². The number of aromatic nitrogens is 2. The lowest BCUT2D eigenvalue weighted by Gasteiger charge is -2.13. The molecule has 0 aliphatic carbocycles. The summed E-state index contributed by atoms with van der Waals surface area (Å²) in [5, 5.41) is 7.88. The van der Waals surface area contributed by atoms with Crippen molar-refractivity contribution in [3.63, 3.8) is 0 Å². The Morgan fingerprint density at radius 2 is 2.00 bits per heavy atom. The van der Waals surface area contributed by atoms with E-state index in [1.807, 2.05) is 38.2 Å². The topological polar surface area (TPSA) is 46.9 Å². The molecule has 0 radical (unpaired) electrons. The van der Waals surface area contributed by atoms with Crippen LogP contribution >= 0.6 is 11.6 Å². The molecule has 0 bridgehead atoms. The van der Waals surface area contributed by atoms with E-state index in [1.54, 1.807) is 4.68 Å². The second kappa shape index (κ2) is 3.85. The van der Waals surface area contributed by atoms with Crippen LogP contribution in [0.2, 0.25) is 5.02 Å². The number of hydrogen-bond acceptors (Lipinski definition) is 2. The number of halogens is 1. The maximum Gasteiger partial charge on any atom is 0.272 e. The number of aryl methyl sites for hydroxylation is 1. The maximum atomic E-state index is 11.9. The predicted molar refractivity (Wildman–Crippen MR) is 68.7 cm³/mol. The molecule has 0 spiro atoms. The van der Waals surface area contributed by atoms with Gasteiger partial charge in [-0.15, -0.1) is 0 Å². The number of nitrogens with one attached hydrogen (secondary N) is 1. The first-order chi connectivity index (χ1) is 8.58. The van der Waals surface area contributed by atoms with Gasteiger partial charge in [-0.3, -0.25) is 9.48 Å². The van der Waals surface area contributed by atoms with E-state index in [1.165, 1.54) is 0 Å². The molecule has 5 heteroatoms. The molecular weight excluding hydrogens is 250 g/mol. The predicted octanol–water partition coefficient (Wildman–Crippen LogP) is 2.21. The fourth-order valence-electron chi connectivity index (χ4n) is 2.31. The standard InChI is InChI=1S/C13H12ClN3O/c1-7-10-11(8-3-5-9(14)6-4-8)15-13(18)12(10)16-17(7)2/h3-6,11H,1-2H3,(H,15,18). The molecule has 1 amide bonds. The minimum Gasteiger partial charge on any atom is -0.340 e. The third kappa shape index (κ3) is 1.53. The molecule has 1 aromatic heterocycles. The Morgan fingerprint density at radius 3 is 2.67 bits per heavy atom. The Morgan fingerprint density at radius 1 is 1.33 bits per heavy atom. The highest BCUT2D eigenvalue weighted by molar-refractivity contribution is 6.30. The van der Waals surface area contributed by atoms with E-state index < -0.39 is 0 Å². The summed E-state index contributed by atoms with van der Waals surface area (Å²) < 4.78 is 1.74. The largest absolute Gasteiger partial charge is 0.340 e. The highest BCUT2D eigenvalue weighted by Crippen LogP contribution is 2.33. The van der Waals surface area contributed by atoms with Crippen LogP contribution in [-0.4, -0.2) is 15.7 Å². The average Bonchev–Trinajstić information content (AvgIpc) is 2.81. The molecule has 1 aliphatic heterocycles. The van der Waals surface area contributed by atoms with Crippen molar-refractivity contribution in [2.24, 2.45) is 7.05 Å². The van der Waals surface area contributed by atoms with Gasteiger partial charge in [-0.2, -0.15) is 5.10 Å². The molecule has 0 saturated heterocycles.